The van der Waals surface area contributed by atoms with E-state index in [1.165, 1.54) is 23.0 Å². The number of hydrogen-bond donors (Lipinski definition) is 1. The Bertz CT molecular complexity index is 388. The first-order chi connectivity index (χ1) is 8.17. The van der Waals surface area contributed by atoms with Crippen LogP contribution in [0.3, 0.4) is 0 Å². The van der Waals surface area contributed by atoms with Gasteiger partial charge < -0.3 is 5.73 Å². The topological polar surface area (TPSA) is 47.1 Å². The van der Waals surface area contributed by atoms with Crippen molar-refractivity contribution in [2.75, 3.05) is 13.1 Å². The summed E-state index contributed by atoms with van der Waals surface area (Å²) in [6.45, 7) is 5.00. The zero-order chi connectivity index (χ0) is 12.4. The van der Waals surface area contributed by atoms with Crippen LogP contribution in [0.1, 0.15) is 31.2 Å². The largest absolute Gasteiger partial charge is 0.329 e. The van der Waals surface area contributed by atoms with E-state index in [1.54, 1.807) is 0 Å². The number of hydrogen-bond acceptors (Lipinski definition) is 3. The van der Waals surface area contributed by atoms with E-state index in [4.69, 9.17) is 5.73 Å². The van der Waals surface area contributed by atoms with E-state index in [2.05, 4.69) is 32.9 Å². The molecular weight excluding hydrogens is 280 g/mol. The summed E-state index contributed by atoms with van der Waals surface area (Å²) in [4.78, 5) is 2.47. The zero-order valence-electron chi connectivity index (χ0n) is 10.6. The van der Waals surface area contributed by atoms with Crippen molar-refractivity contribution in [3.05, 3.63) is 15.9 Å². The van der Waals surface area contributed by atoms with E-state index < -0.39 is 0 Å². The molecule has 0 saturated carbocycles. The van der Waals surface area contributed by atoms with E-state index >= 15 is 0 Å². The van der Waals surface area contributed by atoms with Crippen LogP contribution in [0.25, 0.3) is 0 Å². The number of halogens is 1. The molecule has 1 saturated heterocycles. The van der Waals surface area contributed by atoms with Crippen LogP contribution in [0.15, 0.2) is 4.47 Å². The highest BCUT2D eigenvalue weighted by Gasteiger charge is 2.25. The van der Waals surface area contributed by atoms with Crippen LogP contribution >= 0.6 is 15.9 Å². The predicted molar refractivity (Wildman–Crippen MR) is 72.8 cm³/mol. The minimum absolute atomic E-state index is 0.543. The van der Waals surface area contributed by atoms with Gasteiger partial charge in [-0.25, -0.2) is 0 Å². The molecule has 1 aromatic rings. The fraction of sp³-hybridized carbons (Fsp3) is 0.750. The second kappa shape index (κ2) is 5.50. The van der Waals surface area contributed by atoms with Gasteiger partial charge >= 0.3 is 0 Å². The average Bonchev–Trinajstić information content (AvgIpc) is 2.88. The molecule has 17 heavy (non-hydrogen) atoms. The Labute approximate surface area is 111 Å². The van der Waals surface area contributed by atoms with Crippen LogP contribution in [0.5, 0.6) is 0 Å². The van der Waals surface area contributed by atoms with Crippen molar-refractivity contribution < 1.29 is 0 Å². The number of nitrogens with two attached hydrogens (primary N) is 1. The van der Waals surface area contributed by atoms with Crippen LogP contribution in [0.2, 0.25) is 0 Å². The van der Waals surface area contributed by atoms with Gasteiger partial charge in [-0.3, -0.25) is 9.58 Å². The number of rotatable bonds is 4. The first-order valence-electron chi connectivity index (χ1n) is 6.31. The van der Waals surface area contributed by atoms with E-state index in [-0.39, 0.29) is 0 Å². The lowest BCUT2D eigenvalue weighted by Gasteiger charge is -2.23. The zero-order valence-corrected chi connectivity index (χ0v) is 12.2. The quantitative estimate of drug-likeness (QED) is 0.920. The normalized spacial score (nSPS) is 21.3. The van der Waals surface area contributed by atoms with Gasteiger partial charge in [-0.15, -0.1) is 0 Å². The van der Waals surface area contributed by atoms with Crippen molar-refractivity contribution in [2.24, 2.45) is 12.8 Å². The molecule has 2 N–H and O–H groups in total. The van der Waals surface area contributed by atoms with E-state index in [1.807, 2.05) is 11.7 Å². The third kappa shape index (κ3) is 2.56. The molecule has 1 fully saturated rings. The molecule has 1 aromatic heterocycles. The van der Waals surface area contributed by atoms with Crippen molar-refractivity contribution in [1.29, 1.82) is 0 Å². The summed E-state index contributed by atoms with van der Waals surface area (Å²) >= 11 is 3.67. The maximum absolute atomic E-state index is 5.81. The summed E-state index contributed by atoms with van der Waals surface area (Å²) in [5.74, 6) is 0. The van der Waals surface area contributed by atoms with Crippen LogP contribution in [0.4, 0.5) is 0 Å². The van der Waals surface area contributed by atoms with Gasteiger partial charge in [0.15, 0.2) is 0 Å². The number of aryl methyl sites for hydroxylation is 2. The van der Waals surface area contributed by atoms with Gasteiger partial charge in [0, 0.05) is 26.2 Å². The first kappa shape index (κ1) is 13.1. The summed E-state index contributed by atoms with van der Waals surface area (Å²) in [5.41, 5.74) is 8.22. The molecule has 2 heterocycles. The molecule has 1 atom stereocenters. The lowest BCUT2D eigenvalue weighted by atomic mass is 10.2. The molecule has 96 valence electrons. The number of nitrogens with zero attached hydrogens (tertiary/aromatic N) is 3. The Morgan fingerprint density at radius 1 is 1.53 bits per heavy atom. The van der Waals surface area contributed by atoms with Crippen molar-refractivity contribution in [3.63, 3.8) is 0 Å². The van der Waals surface area contributed by atoms with Crippen LogP contribution < -0.4 is 5.73 Å². The van der Waals surface area contributed by atoms with Crippen molar-refractivity contribution in [1.82, 2.24) is 14.7 Å². The summed E-state index contributed by atoms with van der Waals surface area (Å²) in [6.07, 6.45) is 3.46. The van der Waals surface area contributed by atoms with E-state index in [9.17, 15) is 0 Å². The van der Waals surface area contributed by atoms with E-state index in [0.717, 1.165) is 31.7 Å². The Balaban J connectivity index is 2.15. The van der Waals surface area contributed by atoms with Crippen molar-refractivity contribution >= 4 is 15.9 Å². The van der Waals surface area contributed by atoms with Crippen LogP contribution in [-0.4, -0.2) is 33.8 Å². The third-order valence-electron chi connectivity index (χ3n) is 3.63. The van der Waals surface area contributed by atoms with E-state index in [0.29, 0.717) is 6.04 Å². The van der Waals surface area contributed by atoms with Crippen LogP contribution in [0, 0.1) is 0 Å². The molecule has 0 amide bonds. The minimum Gasteiger partial charge on any atom is -0.329 e. The van der Waals surface area contributed by atoms with Crippen LogP contribution in [-0.2, 0) is 20.0 Å². The Kier molecular flexibility index (Phi) is 4.22. The molecule has 2 rings (SSSR count). The molecule has 4 nitrogen and oxygen atoms in total. The molecule has 0 radical (unpaired) electrons. The minimum atomic E-state index is 0.543. The lowest BCUT2D eigenvalue weighted by Crippen LogP contribution is -2.35. The summed E-state index contributed by atoms with van der Waals surface area (Å²) < 4.78 is 3.17. The molecule has 5 heteroatoms. The smallest absolute Gasteiger partial charge is 0.0767 e. The molecular formula is C12H21BrN4. The maximum atomic E-state index is 5.81. The molecule has 0 aliphatic carbocycles. The molecule has 1 unspecified atom stereocenters. The maximum Gasteiger partial charge on any atom is 0.0767 e. The molecule has 1 aliphatic heterocycles. The molecule has 0 bridgehead atoms. The van der Waals surface area contributed by atoms with Gasteiger partial charge in [-0.2, -0.15) is 5.10 Å². The van der Waals surface area contributed by atoms with Gasteiger partial charge in [-0.05, 0) is 41.7 Å². The Morgan fingerprint density at radius 2 is 2.29 bits per heavy atom. The summed E-state index contributed by atoms with van der Waals surface area (Å²) in [6, 6.07) is 0.543. The lowest BCUT2D eigenvalue weighted by molar-refractivity contribution is 0.243. The monoisotopic (exact) mass is 300 g/mol. The van der Waals surface area contributed by atoms with Gasteiger partial charge in [0.1, 0.15) is 0 Å². The molecule has 1 aliphatic rings. The number of aromatic nitrogens is 2. The summed E-state index contributed by atoms with van der Waals surface area (Å²) in [5, 5.41) is 4.53. The van der Waals surface area contributed by atoms with Crippen molar-refractivity contribution in [3.8, 4) is 0 Å². The highest BCUT2D eigenvalue weighted by Crippen LogP contribution is 2.26. The summed E-state index contributed by atoms with van der Waals surface area (Å²) in [7, 11) is 2.02. The number of likely N-dealkylation sites (tertiary alicyclic amines) is 1. The Morgan fingerprint density at radius 3 is 2.88 bits per heavy atom. The van der Waals surface area contributed by atoms with Crippen molar-refractivity contribution in [2.45, 2.75) is 38.8 Å². The second-order valence-electron chi connectivity index (χ2n) is 4.69. The Hall–Kier alpha value is -0.390. The van der Waals surface area contributed by atoms with Gasteiger partial charge in [0.25, 0.3) is 0 Å². The van der Waals surface area contributed by atoms with Gasteiger partial charge in [0.05, 0.1) is 15.9 Å². The second-order valence-corrected chi connectivity index (χ2v) is 5.48. The molecule has 0 spiro atoms. The third-order valence-corrected chi connectivity index (χ3v) is 4.54. The first-order valence-corrected chi connectivity index (χ1v) is 7.11. The fourth-order valence-corrected chi connectivity index (χ4v) is 3.30. The van der Waals surface area contributed by atoms with Gasteiger partial charge in [-0.1, -0.05) is 6.92 Å². The standard InChI is InChI=1S/C12H21BrN4/c1-3-10-12(13)11(16(2)15-10)8-17-6-4-5-9(17)7-14/h9H,3-8,14H2,1-2H3. The predicted octanol–water partition coefficient (Wildman–Crippen LogP) is 1.67. The highest BCUT2D eigenvalue weighted by molar-refractivity contribution is 9.10. The fourth-order valence-electron chi connectivity index (χ4n) is 2.55. The highest BCUT2D eigenvalue weighted by atomic mass is 79.9. The molecule has 0 aromatic carbocycles. The SMILES string of the molecule is CCc1nn(C)c(CN2CCCC2CN)c1Br. The van der Waals surface area contributed by atoms with Gasteiger partial charge in [0.2, 0.25) is 0 Å². The average molecular weight is 301 g/mol.